The van der Waals surface area contributed by atoms with Gasteiger partial charge >= 0.3 is 0 Å². The Morgan fingerprint density at radius 3 is 2.57 bits per heavy atom. The van der Waals surface area contributed by atoms with E-state index in [4.69, 9.17) is 27.9 Å². The standard InChI is InChI=1S/C27H32Cl2N2O3S/c1-34-20-4-7-24-22(16-20)26(23(29)17-30-24)25(33)8-9-27(18-32)10-12-31(13-11-27)14-15-35-21-5-2-19(28)3-6-21/h2-7,16-17,25,32-33H,8-15,18H2,1H3/t25-/m1/s1. The number of thioether (sulfide) groups is 1. The smallest absolute Gasteiger partial charge is 0.119 e. The molecule has 1 aliphatic rings. The number of likely N-dealkylation sites (tertiary alicyclic amines) is 1. The molecule has 2 aromatic carbocycles. The lowest BCUT2D eigenvalue weighted by Crippen LogP contribution is -2.43. The van der Waals surface area contributed by atoms with E-state index in [1.807, 2.05) is 42.1 Å². The zero-order valence-corrected chi connectivity index (χ0v) is 22.2. The third-order valence-electron chi connectivity index (χ3n) is 7.09. The highest BCUT2D eigenvalue weighted by molar-refractivity contribution is 7.99. The second-order valence-electron chi connectivity index (χ2n) is 9.26. The normalized spacial score (nSPS) is 16.9. The van der Waals surface area contributed by atoms with Crippen molar-refractivity contribution in [2.24, 2.45) is 5.41 Å². The van der Waals surface area contributed by atoms with Gasteiger partial charge in [0.05, 0.1) is 23.8 Å². The molecule has 2 heterocycles. The summed E-state index contributed by atoms with van der Waals surface area (Å²) in [7, 11) is 1.61. The maximum atomic E-state index is 11.1. The first-order chi connectivity index (χ1) is 16.9. The fourth-order valence-electron chi connectivity index (χ4n) is 4.78. The van der Waals surface area contributed by atoms with Gasteiger partial charge in [-0.1, -0.05) is 23.2 Å². The Kier molecular flexibility index (Phi) is 9.19. The molecule has 3 aromatic rings. The van der Waals surface area contributed by atoms with Crippen molar-refractivity contribution in [3.63, 3.8) is 0 Å². The second-order valence-corrected chi connectivity index (χ2v) is 11.3. The van der Waals surface area contributed by atoms with Crippen LogP contribution in [0.15, 0.2) is 53.6 Å². The SMILES string of the molecule is COc1ccc2ncc(Cl)c([C@H](O)CCC3(CO)CCN(CCSc4ccc(Cl)cc4)CC3)c2c1. The zero-order valence-electron chi connectivity index (χ0n) is 19.9. The molecular formula is C27H32Cl2N2O3S. The van der Waals surface area contributed by atoms with Gasteiger partial charge in [-0.2, -0.15) is 0 Å². The van der Waals surface area contributed by atoms with E-state index < -0.39 is 6.10 Å². The number of methoxy groups -OCH3 is 1. The van der Waals surface area contributed by atoms with Crippen molar-refractivity contribution in [1.82, 2.24) is 9.88 Å². The number of hydrogen-bond acceptors (Lipinski definition) is 6. The van der Waals surface area contributed by atoms with E-state index in [0.717, 1.165) is 60.6 Å². The number of halogens is 2. The second kappa shape index (κ2) is 12.1. The van der Waals surface area contributed by atoms with E-state index in [0.29, 0.717) is 22.8 Å². The van der Waals surface area contributed by atoms with Gasteiger partial charge in [0.15, 0.2) is 0 Å². The predicted molar refractivity (Wildman–Crippen MR) is 145 cm³/mol. The van der Waals surface area contributed by atoms with Crippen LogP contribution in [0, 0.1) is 5.41 Å². The van der Waals surface area contributed by atoms with Crippen LogP contribution in [-0.2, 0) is 0 Å². The summed E-state index contributed by atoms with van der Waals surface area (Å²) in [5.74, 6) is 1.72. The van der Waals surface area contributed by atoms with Crippen LogP contribution >= 0.6 is 35.0 Å². The Morgan fingerprint density at radius 1 is 1.14 bits per heavy atom. The van der Waals surface area contributed by atoms with Gasteiger partial charge in [-0.05, 0) is 86.7 Å². The molecule has 0 radical (unpaired) electrons. The fraction of sp³-hybridized carbons (Fsp3) is 0.444. The van der Waals surface area contributed by atoms with E-state index in [-0.39, 0.29) is 12.0 Å². The molecule has 35 heavy (non-hydrogen) atoms. The van der Waals surface area contributed by atoms with Crippen LogP contribution in [0.5, 0.6) is 5.75 Å². The molecule has 0 amide bonds. The molecule has 0 spiro atoms. The lowest BCUT2D eigenvalue weighted by Gasteiger charge is -2.41. The van der Waals surface area contributed by atoms with Gasteiger partial charge in [0.1, 0.15) is 5.75 Å². The van der Waals surface area contributed by atoms with Crippen LogP contribution in [0.25, 0.3) is 10.9 Å². The molecule has 0 unspecified atom stereocenters. The average Bonchev–Trinajstić information content (AvgIpc) is 2.89. The van der Waals surface area contributed by atoms with Gasteiger partial charge in [0.25, 0.3) is 0 Å². The Bertz CT molecular complexity index is 1120. The van der Waals surface area contributed by atoms with Crippen molar-refractivity contribution in [2.75, 3.05) is 39.1 Å². The summed E-state index contributed by atoms with van der Waals surface area (Å²) >= 11 is 14.3. The van der Waals surface area contributed by atoms with E-state index in [2.05, 4.69) is 22.0 Å². The van der Waals surface area contributed by atoms with Crippen molar-refractivity contribution in [3.8, 4) is 5.75 Å². The van der Waals surface area contributed by atoms with Crippen LogP contribution in [0.4, 0.5) is 0 Å². The summed E-state index contributed by atoms with van der Waals surface area (Å²) in [5, 5.41) is 23.4. The van der Waals surface area contributed by atoms with Gasteiger partial charge in [-0.3, -0.25) is 4.98 Å². The monoisotopic (exact) mass is 534 g/mol. The summed E-state index contributed by atoms with van der Waals surface area (Å²) in [6.07, 6.45) is 3.96. The van der Waals surface area contributed by atoms with E-state index in [1.165, 1.54) is 4.90 Å². The minimum absolute atomic E-state index is 0.131. The van der Waals surface area contributed by atoms with Crippen LogP contribution < -0.4 is 4.74 Å². The number of aromatic nitrogens is 1. The molecule has 4 rings (SSSR count). The summed E-state index contributed by atoms with van der Waals surface area (Å²) in [6.45, 7) is 3.05. The van der Waals surface area contributed by atoms with Crippen LogP contribution in [0.1, 0.15) is 37.4 Å². The first kappa shape index (κ1) is 26.5. The van der Waals surface area contributed by atoms with Crippen molar-refractivity contribution in [3.05, 3.63) is 64.3 Å². The fourth-order valence-corrected chi connectivity index (χ4v) is 6.10. The number of pyridine rings is 1. The number of nitrogens with zero attached hydrogens (tertiary/aromatic N) is 2. The molecule has 188 valence electrons. The van der Waals surface area contributed by atoms with Crippen LogP contribution in [0.2, 0.25) is 10.0 Å². The number of aliphatic hydroxyl groups excluding tert-OH is 2. The maximum Gasteiger partial charge on any atom is 0.119 e. The molecule has 0 bridgehead atoms. The van der Waals surface area contributed by atoms with Crippen LogP contribution in [0.3, 0.4) is 0 Å². The highest BCUT2D eigenvalue weighted by Crippen LogP contribution is 2.40. The summed E-state index contributed by atoms with van der Waals surface area (Å²) in [5.41, 5.74) is 1.28. The summed E-state index contributed by atoms with van der Waals surface area (Å²) in [6, 6.07) is 13.5. The highest BCUT2D eigenvalue weighted by Gasteiger charge is 2.34. The summed E-state index contributed by atoms with van der Waals surface area (Å²) in [4.78, 5) is 8.08. The van der Waals surface area contributed by atoms with E-state index in [1.54, 1.807) is 13.3 Å². The number of hydrogen-bond donors (Lipinski definition) is 2. The van der Waals surface area contributed by atoms with Crippen LogP contribution in [-0.4, -0.2) is 59.2 Å². The highest BCUT2D eigenvalue weighted by atomic mass is 35.5. The zero-order chi connectivity index (χ0) is 24.8. The molecule has 5 nitrogen and oxygen atoms in total. The molecule has 1 saturated heterocycles. The molecule has 2 N–H and O–H groups in total. The number of ether oxygens (including phenoxy) is 1. The number of fused-ring (bicyclic) bond motifs is 1. The minimum Gasteiger partial charge on any atom is -0.497 e. The van der Waals surface area contributed by atoms with Crippen molar-refractivity contribution >= 4 is 45.9 Å². The third kappa shape index (κ3) is 6.62. The quantitative estimate of drug-likeness (QED) is 0.300. The first-order valence-electron chi connectivity index (χ1n) is 11.9. The van der Waals surface area contributed by atoms with E-state index in [9.17, 15) is 10.2 Å². The van der Waals surface area contributed by atoms with Crippen molar-refractivity contribution in [1.29, 1.82) is 0 Å². The first-order valence-corrected chi connectivity index (χ1v) is 13.7. The molecule has 8 heteroatoms. The lowest BCUT2D eigenvalue weighted by atomic mass is 9.74. The molecule has 0 saturated carbocycles. The number of aliphatic hydroxyl groups is 2. The maximum absolute atomic E-state index is 11.1. The Labute approximate surface area is 221 Å². The Balaban J connectivity index is 1.33. The largest absolute Gasteiger partial charge is 0.497 e. The molecule has 1 fully saturated rings. The summed E-state index contributed by atoms with van der Waals surface area (Å²) < 4.78 is 5.36. The molecular weight excluding hydrogens is 503 g/mol. The van der Waals surface area contributed by atoms with Gasteiger partial charge in [-0.15, -0.1) is 11.8 Å². The van der Waals surface area contributed by atoms with Crippen molar-refractivity contribution < 1.29 is 14.9 Å². The topological polar surface area (TPSA) is 65.8 Å². The molecule has 0 aliphatic carbocycles. The number of rotatable bonds is 10. The average molecular weight is 536 g/mol. The third-order valence-corrected chi connectivity index (χ3v) is 8.64. The van der Waals surface area contributed by atoms with Gasteiger partial charge in [0.2, 0.25) is 0 Å². The van der Waals surface area contributed by atoms with E-state index >= 15 is 0 Å². The molecule has 1 atom stereocenters. The van der Waals surface area contributed by atoms with Gasteiger partial charge in [-0.25, -0.2) is 0 Å². The minimum atomic E-state index is -0.739. The van der Waals surface area contributed by atoms with Crippen molar-refractivity contribution in [2.45, 2.75) is 36.7 Å². The predicted octanol–water partition coefficient (Wildman–Crippen LogP) is 6.23. The Hall–Kier alpha value is -1.54. The molecule has 1 aromatic heterocycles. The number of benzene rings is 2. The van der Waals surface area contributed by atoms with Gasteiger partial charge < -0.3 is 19.8 Å². The molecule has 1 aliphatic heterocycles. The number of piperidine rings is 1. The lowest BCUT2D eigenvalue weighted by molar-refractivity contribution is 0.0254. The van der Waals surface area contributed by atoms with Gasteiger partial charge in [0, 0.05) is 46.0 Å². The Morgan fingerprint density at radius 2 is 1.89 bits per heavy atom.